The Morgan fingerprint density at radius 1 is 1.03 bits per heavy atom. The van der Waals surface area contributed by atoms with Crippen molar-refractivity contribution in [3.63, 3.8) is 0 Å². The SMILES string of the molecule is COc1ccccc1Oc1c(NS(=O)(=O)c2ccc(C(C)(C)C)cc2)nc(Cl)nc1OCCO. The normalized spacial score (nSPS) is 11.7. The fraction of sp³-hybridized carbons (Fsp3) is 0.304. The van der Waals surface area contributed by atoms with E-state index in [1.54, 1.807) is 36.4 Å². The molecule has 34 heavy (non-hydrogen) atoms. The van der Waals surface area contributed by atoms with Crippen molar-refractivity contribution in [2.24, 2.45) is 0 Å². The number of aromatic nitrogens is 2. The lowest BCUT2D eigenvalue weighted by Crippen LogP contribution is -2.17. The average molecular weight is 508 g/mol. The Kier molecular flexibility index (Phi) is 7.86. The van der Waals surface area contributed by atoms with Gasteiger partial charge in [-0.05, 0) is 46.8 Å². The molecule has 11 heteroatoms. The maximum absolute atomic E-state index is 13.2. The number of rotatable bonds is 9. The molecule has 0 unspecified atom stereocenters. The zero-order valence-corrected chi connectivity index (χ0v) is 20.8. The van der Waals surface area contributed by atoms with E-state index in [9.17, 15) is 8.42 Å². The number of para-hydroxylation sites is 2. The average Bonchev–Trinajstić information content (AvgIpc) is 2.79. The molecule has 0 saturated carbocycles. The Morgan fingerprint density at radius 3 is 2.26 bits per heavy atom. The molecular weight excluding hydrogens is 482 g/mol. The van der Waals surface area contributed by atoms with Gasteiger partial charge in [-0.3, -0.25) is 4.72 Å². The molecule has 0 radical (unpaired) electrons. The molecule has 0 aliphatic heterocycles. The number of hydrogen-bond acceptors (Lipinski definition) is 8. The fourth-order valence-corrected chi connectivity index (χ4v) is 4.10. The van der Waals surface area contributed by atoms with Gasteiger partial charge in [-0.25, -0.2) is 8.42 Å². The van der Waals surface area contributed by atoms with E-state index < -0.39 is 10.0 Å². The van der Waals surface area contributed by atoms with E-state index in [0.717, 1.165) is 5.56 Å². The van der Waals surface area contributed by atoms with Crippen molar-refractivity contribution in [3.05, 3.63) is 59.4 Å². The predicted molar refractivity (Wildman–Crippen MR) is 129 cm³/mol. The second kappa shape index (κ2) is 10.5. The lowest BCUT2D eigenvalue weighted by Gasteiger charge is -2.19. The molecule has 0 atom stereocenters. The third kappa shape index (κ3) is 6.07. The number of halogens is 1. The van der Waals surface area contributed by atoms with Gasteiger partial charge < -0.3 is 19.3 Å². The number of hydrogen-bond donors (Lipinski definition) is 2. The van der Waals surface area contributed by atoms with Crippen LogP contribution < -0.4 is 18.9 Å². The van der Waals surface area contributed by atoms with Crippen molar-refractivity contribution >= 4 is 27.4 Å². The number of aliphatic hydroxyl groups is 1. The van der Waals surface area contributed by atoms with Crippen LogP contribution in [-0.4, -0.2) is 43.8 Å². The highest BCUT2D eigenvalue weighted by molar-refractivity contribution is 7.92. The second-order valence-corrected chi connectivity index (χ2v) is 10.2. The molecule has 9 nitrogen and oxygen atoms in total. The minimum Gasteiger partial charge on any atom is -0.493 e. The van der Waals surface area contributed by atoms with Gasteiger partial charge in [-0.15, -0.1) is 0 Å². The summed E-state index contributed by atoms with van der Waals surface area (Å²) in [6, 6.07) is 13.3. The van der Waals surface area contributed by atoms with Crippen LogP contribution >= 0.6 is 11.6 Å². The van der Waals surface area contributed by atoms with Gasteiger partial charge in [0.1, 0.15) is 6.61 Å². The smallest absolute Gasteiger partial charge is 0.264 e. The van der Waals surface area contributed by atoms with Gasteiger partial charge in [0.05, 0.1) is 18.6 Å². The molecule has 182 valence electrons. The zero-order valence-electron chi connectivity index (χ0n) is 19.2. The summed E-state index contributed by atoms with van der Waals surface area (Å²) in [6.45, 7) is 5.67. The van der Waals surface area contributed by atoms with Crippen molar-refractivity contribution in [2.75, 3.05) is 25.0 Å². The fourth-order valence-electron chi connectivity index (χ4n) is 2.94. The van der Waals surface area contributed by atoms with Gasteiger partial charge >= 0.3 is 0 Å². The summed E-state index contributed by atoms with van der Waals surface area (Å²) in [5.74, 6) is 0.119. The van der Waals surface area contributed by atoms with E-state index in [2.05, 4.69) is 14.7 Å². The summed E-state index contributed by atoms with van der Waals surface area (Å²) in [5.41, 5.74) is 0.848. The largest absolute Gasteiger partial charge is 0.493 e. The van der Waals surface area contributed by atoms with E-state index in [4.69, 9.17) is 30.9 Å². The second-order valence-electron chi connectivity index (χ2n) is 8.18. The lowest BCUT2D eigenvalue weighted by atomic mass is 9.87. The van der Waals surface area contributed by atoms with Crippen LogP contribution in [0, 0.1) is 0 Å². The number of methoxy groups -OCH3 is 1. The molecule has 0 spiro atoms. The minimum absolute atomic E-state index is 0.0244. The summed E-state index contributed by atoms with van der Waals surface area (Å²) in [7, 11) is -2.61. The van der Waals surface area contributed by atoms with E-state index in [-0.39, 0.29) is 52.0 Å². The van der Waals surface area contributed by atoms with Crippen molar-refractivity contribution in [2.45, 2.75) is 31.1 Å². The van der Waals surface area contributed by atoms with Gasteiger partial charge in [-0.1, -0.05) is 45.0 Å². The highest BCUT2D eigenvalue weighted by atomic mass is 35.5. The summed E-state index contributed by atoms with van der Waals surface area (Å²) < 4.78 is 45.4. The first-order valence-electron chi connectivity index (χ1n) is 10.3. The van der Waals surface area contributed by atoms with Crippen molar-refractivity contribution in [1.29, 1.82) is 0 Å². The summed E-state index contributed by atoms with van der Waals surface area (Å²) in [6.07, 6.45) is 0. The number of benzene rings is 2. The molecular formula is C23H26ClN3O6S. The Balaban J connectivity index is 2.05. The Hall–Kier alpha value is -3.08. The third-order valence-electron chi connectivity index (χ3n) is 4.68. The van der Waals surface area contributed by atoms with Crippen LogP contribution in [0.15, 0.2) is 53.4 Å². The molecule has 0 bridgehead atoms. The first-order valence-corrected chi connectivity index (χ1v) is 12.2. The molecule has 2 aromatic carbocycles. The lowest BCUT2D eigenvalue weighted by molar-refractivity contribution is 0.192. The molecule has 3 rings (SSSR count). The van der Waals surface area contributed by atoms with Gasteiger partial charge in [0.25, 0.3) is 15.9 Å². The Morgan fingerprint density at radius 2 is 1.68 bits per heavy atom. The molecule has 0 aliphatic rings. The summed E-state index contributed by atoms with van der Waals surface area (Å²) in [4.78, 5) is 8.03. The van der Waals surface area contributed by atoms with Crippen molar-refractivity contribution in [3.8, 4) is 23.1 Å². The molecule has 0 fully saturated rings. The Bertz CT molecular complexity index is 1240. The molecule has 2 N–H and O–H groups in total. The minimum atomic E-state index is -4.08. The summed E-state index contributed by atoms with van der Waals surface area (Å²) in [5, 5.41) is 8.89. The third-order valence-corrected chi connectivity index (χ3v) is 6.20. The standard InChI is InChI=1S/C23H26ClN3O6S/c1-23(2,3)15-9-11-16(12-10-15)34(29,30)27-20-19(21(32-14-13-28)26-22(24)25-20)33-18-8-6-5-7-17(18)31-4/h5-12,28H,13-14H2,1-4H3,(H,25,26,27). The number of nitrogens with zero attached hydrogens (tertiary/aromatic N) is 2. The molecule has 0 aliphatic carbocycles. The maximum Gasteiger partial charge on any atom is 0.264 e. The Labute approximate surface area is 203 Å². The zero-order chi connectivity index (χ0) is 24.9. The van der Waals surface area contributed by atoms with Gasteiger partial charge in [0.15, 0.2) is 17.3 Å². The number of anilines is 1. The van der Waals surface area contributed by atoms with Crippen LogP contribution in [0.1, 0.15) is 26.3 Å². The molecule has 0 amide bonds. The van der Waals surface area contributed by atoms with Crippen LogP contribution in [0.5, 0.6) is 23.1 Å². The van der Waals surface area contributed by atoms with Gasteiger partial charge in [-0.2, -0.15) is 9.97 Å². The monoisotopic (exact) mass is 507 g/mol. The van der Waals surface area contributed by atoms with Crippen LogP contribution in [0.2, 0.25) is 5.28 Å². The molecule has 1 aromatic heterocycles. The van der Waals surface area contributed by atoms with Gasteiger partial charge in [0, 0.05) is 0 Å². The highest BCUT2D eigenvalue weighted by Gasteiger charge is 2.25. The summed E-state index contributed by atoms with van der Waals surface area (Å²) >= 11 is 6.03. The number of nitrogens with one attached hydrogen (secondary N) is 1. The first-order chi connectivity index (χ1) is 16.0. The van der Waals surface area contributed by atoms with E-state index in [0.29, 0.717) is 5.75 Å². The van der Waals surface area contributed by atoms with Crippen LogP contribution in [0.25, 0.3) is 0 Å². The topological polar surface area (TPSA) is 120 Å². The molecule has 0 saturated heterocycles. The number of sulfonamides is 1. The van der Waals surface area contributed by atoms with E-state index >= 15 is 0 Å². The van der Waals surface area contributed by atoms with Gasteiger partial charge in [0.2, 0.25) is 11.0 Å². The molecule has 1 heterocycles. The van der Waals surface area contributed by atoms with Crippen LogP contribution in [0.4, 0.5) is 5.82 Å². The highest BCUT2D eigenvalue weighted by Crippen LogP contribution is 2.41. The number of aliphatic hydroxyl groups excluding tert-OH is 1. The van der Waals surface area contributed by atoms with E-state index in [1.165, 1.54) is 19.2 Å². The van der Waals surface area contributed by atoms with Crippen molar-refractivity contribution in [1.82, 2.24) is 9.97 Å². The predicted octanol–water partition coefficient (Wildman–Crippen LogP) is 4.40. The maximum atomic E-state index is 13.2. The number of ether oxygens (including phenoxy) is 3. The van der Waals surface area contributed by atoms with E-state index in [1.807, 2.05) is 20.8 Å². The van der Waals surface area contributed by atoms with Crippen LogP contribution in [0.3, 0.4) is 0 Å². The van der Waals surface area contributed by atoms with Crippen molar-refractivity contribution < 1.29 is 27.7 Å². The quantitative estimate of drug-likeness (QED) is 0.409. The van der Waals surface area contributed by atoms with Crippen LogP contribution in [-0.2, 0) is 15.4 Å². The molecule has 3 aromatic rings. The first kappa shape index (κ1) is 25.5.